The monoisotopic (exact) mass is 528 g/mol. The standard InChI is InChI=1S/2C14H20N2O3/c2*1-14(2)9-11(18)15-13-10(14)5-6-12(16-13)19-8-4-3-7-17/h2*5-6,17H,3-4,7-9H2,1-2H3,(H,15,16,18). The molecule has 10 heteroatoms. The van der Waals surface area contributed by atoms with Crippen LogP contribution >= 0.6 is 0 Å². The van der Waals surface area contributed by atoms with Crippen LogP contribution in [0.4, 0.5) is 11.6 Å². The van der Waals surface area contributed by atoms with E-state index < -0.39 is 0 Å². The van der Waals surface area contributed by atoms with Gasteiger partial charge in [0.25, 0.3) is 0 Å². The third kappa shape index (κ3) is 7.88. The number of nitrogens with zero attached hydrogens (tertiary/aromatic N) is 2. The zero-order valence-corrected chi connectivity index (χ0v) is 22.8. The largest absolute Gasteiger partial charge is 0.478 e. The minimum Gasteiger partial charge on any atom is -0.478 e. The lowest BCUT2D eigenvalue weighted by Gasteiger charge is -2.31. The van der Waals surface area contributed by atoms with Gasteiger partial charge >= 0.3 is 0 Å². The average Bonchev–Trinajstić information content (AvgIpc) is 2.83. The molecule has 2 aromatic rings. The molecule has 0 saturated carbocycles. The molecule has 2 aromatic heterocycles. The summed E-state index contributed by atoms with van der Waals surface area (Å²) in [5.41, 5.74) is 1.68. The molecule has 2 aliphatic heterocycles. The molecule has 0 saturated heterocycles. The molecule has 2 aliphatic rings. The number of amides is 2. The summed E-state index contributed by atoms with van der Waals surface area (Å²) in [6.07, 6.45) is 3.94. The molecule has 0 bridgehead atoms. The van der Waals surface area contributed by atoms with Crippen LogP contribution < -0.4 is 20.1 Å². The molecule has 0 fully saturated rings. The zero-order chi connectivity index (χ0) is 27.8. The van der Waals surface area contributed by atoms with Gasteiger partial charge in [0, 0.05) is 60.1 Å². The number of ether oxygens (including phenoxy) is 2. The Bertz CT molecular complexity index is 1030. The number of aromatic nitrogens is 2. The maximum Gasteiger partial charge on any atom is 0.226 e. The molecule has 38 heavy (non-hydrogen) atoms. The van der Waals surface area contributed by atoms with Crippen LogP contribution in [0.15, 0.2) is 24.3 Å². The van der Waals surface area contributed by atoms with Crippen LogP contribution in [-0.4, -0.2) is 58.4 Å². The normalized spacial score (nSPS) is 16.7. The summed E-state index contributed by atoms with van der Waals surface area (Å²) in [5, 5.41) is 23.0. The molecule has 0 aliphatic carbocycles. The minimum atomic E-state index is -0.194. The van der Waals surface area contributed by atoms with E-state index in [0.29, 0.717) is 62.3 Å². The third-order valence-electron chi connectivity index (χ3n) is 6.52. The summed E-state index contributed by atoms with van der Waals surface area (Å²) >= 11 is 0. The lowest BCUT2D eigenvalue weighted by molar-refractivity contribution is -0.118. The summed E-state index contributed by atoms with van der Waals surface area (Å²) in [6.45, 7) is 9.52. The second-order valence-corrected chi connectivity index (χ2v) is 10.9. The third-order valence-corrected chi connectivity index (χ3v) is 6.52. The maximum atomic E-state index is 11.6. The molecular formula is C28H40N4O6. The smallest absolute Gasteiger partial charge is 0.226 e. The molecule has 0 unspecified atom stereocenters. The Morgan fingerprint density at radius 3 is 1.47 bits per heavy atom. The van der Waals surface area contributed by atoms with E-state index in [-0.39, 0.29) is 35.9 Å². The second kappa shape index (κ2) is 13.0. The SMILES string of the molecule is CC1(C)CC(=O)Nc2nc(OCCCCO)ccc21.CC1(C)CC(=O)Nc2nc(OCCCCO)ccc21. The van der Waals surface area contributed by atoms with Crippen LogP contribution in [0, 0.1) is 0 Å². The predicted molar refractivity (Wildman–Crippen MR) is 145 cm³/mol. The Morgan fingerprint density at radius 2 is 1.11 bits per heavy atom. The van der Waals surface area contributed by atoms with Gasteiger partial charge in [-0.05, 0) is 37.8 Å². The molecule has 208 valence electrons. The number of aliphatic hydroxyl groups excluding tert-OH is 2. The highest BCUT2D eigenvalue weighted by atomic mass is 16.5. The molecule has 0 aromatic carbocycles. The Morgan fingerprint density at radius 1 is 0.711 bits per heavy atom. The van der Waals surface area contributed by atoms with Crippen molar-refractivity contribution in [3.8, 4) is 11.8 Å². The quantitative estimate of drug-likeness (QED) is 0.342. The van der Waals surface area contributed by atoms with Crippen molar-refractivity contribution in [3.05, 3.63) is 35.4 Å². The predicted octanol–water partition coefficient (Wildman–Crippen LogP) is 3.71. The molecule has 0 atom stereocenters. The van der Waals surface area contributed by atoms with Gasteiger partial charge in [-0.1, -0.05) is 27.7 Å². The summed E-state index contributed by atoms with van der Waals surface area (Å²) in [4.78, 5) is 31.9. The summed E-state index contributed by atoms with van der Waals surface area (Å²) in [5.74, 6) is 2.19. The highest BCUT2D eigenvalue weighted by Gasteiger charge is 2.34. The van der Waals surface area contributed by atoms with Crippen LogP contribution in [0.1, 0.15) is 77.3 Å². The number of hydrogen-bond donors (Lipinski definition) is 4. The number of pyridine rings is 2. The first kappa shape index (κ1) is 29.3. The highest BCUT2D eigenvalue weighted by molar-refractivity contribution is 5.95. The summed E-state index contributed by atoms with van der Waals surface area (Å²) in [7, 11) is 0. The summed E-state index contributed by atoms with van der Waals surface area (Å²) < 4.78 is 11.0. The van der Waals surface area contributed by atoms with Crippen molar-refractivity contribution in [2.75, 3.05) is 37.1 Å². The van der Waals surface area contributed by atoms with Crippen LogP contribution in [0.5, 0.6) is 11.8 Å². The first-order valence-corrected chi connectivity index (χ1v) is 13.2. The van der Waals surface area contributed by atoms with Crippen LogP contribution in [-0.2, 0) is 20.4 Å². The van der Waals surface area contributed by atoms with E-state index in [1.54, 1.807) is 0 Å². The summed E-state index contributed by atoms with van der Waals surface area (Å²) in [6, 6.07) is 7.58. The number of hydrogen-bond acceptors (Lipinski definition) is 8. The minimum absolute atomic E-state index is 0.0116. The first-order valence-electron chi connectivity index (χ1n) is 13.2. The molecule has 0 spiro atoms. The van der Waals surface area contributed by atoms with Gasteiger partial charge in [0.2, 0.25) is 23.6 Å². The van der Waals surface area contributed by atoms with Crippen LogP contribution in [0.3, 0.4) is 0 Å². The highest BCUT2D eigenvalue weighted by Crippen LogP contribution is 2.38. The Hall–Kier alpha value is -3.24. The van der Waals surface area contributed by atoms with E-state index in [2.05, 4.69) is 20.6 Å². The van der Waals surface area contributed by atoms with E-state index >= 15 is 0 Å². The van der Waals surface area contributed by atoms with Gasteiger partial charge in [-0.3, -0.25) is 9.59 Å². The van der Waals surface area contributed by atoms with Crippen molar-refractivity contribution in [2.45, 2.75) is 77.0 Å². The van der Waals surface area contributed by atoms with Crippen molar-refractivity contribution in [1.29, 1.82) is 0 Å². The van der Waals surface area contributed by atoms with Gasteiger partial charge in [-0.2, -0.15) is 9.97 Å². The van der Waals surface area contributed by atoms with Crippen molar-refractivity contribution >= 4 is 23.5 Å². The van der Waals surface area contributed by atoms with E-state index in [1.807, 2.05) is 52.0 Å². The number of aliphatic hydroxyl groups is 2. The molecule has 4 N–H and O–H groups in total. The van der Waals surface area contributed by atoms with Crippen molar-refractivity contribution in [3.63, 3.8) is 0 Å². The number of nitrogens with one attached hydrogen (secondary N) is 2. The zero-order valence-electron chi connectivity index (χ0n) is 22.8. The van der Waals surface area contributed by atoms with Crippen molar-refractivity contribution < 1.29 is 29.3 Å². The Kier molecular flexibility index (Phi) is 10.0. The van der Waals surface area contributed by atoms with Gasteiger partial charge in [0.15, 0.2) is 0 Å². The molecule has 0 radical (unpaired) electrons. The molecule has 4 rings (SSSR count). The lowest BCUT2D eigenvalue weighted by Crippen LogP contribution is -2.33. The topological polar surface area (TPSA) is 143 Å². The lowest BCUT2D eigenvalue weighted by atomic mass is 9.79. The molecule has 10 nitrogen and oxygen atoms in total. The molecule has 4 heterocycles. The first-order chi connectivity index (χ1) is 18.1. The van der Waals surface area contributed by atoms with Crippen LogP contribution in [0.2, 0.25) is 0 Å². The van der Waals surface area contributed by atoms with Gasteiger partial charge < -0.3 is 30.3 Å². The van der Waals surface area contributed by atoms with Gasteiger partial charge in [-0.15, -0.1) is 0 Å². The second-order valence-electron chi connectivity index (χ2n) is 10.9. The fourth-order valence-electron chi connectivity index (χ4n) is 4.45. The van der Waals surface area contributed by atoms with Gasteiger partial charge in [-0.25, -0.2) is 0 Å². The Balaban J connectivity index is 0.000000211. The maximum absolute atomic E-state index is 11.6. The number of rotatable bonds is 10. The number of anilines is 2. The Labute approximate surface area is 224 Å². The fraction of sp³-hybridized carbons (Fsp3) is 0.571. The van der Waals surface area contributed by atoms with Crippen molar-refractivity contribution in [1.82, 2.24) is 9.97 Å². The number of carbonyl (C=O) groups excluding carboxylic acids is 2. The number of fused-ring (bicyclic) bond motifs is 2. The number of unbranched alkanes of at least 4 members (excludes halogenated alkanes) is 2. The van der Waals surface area contributed by atoms with Gasteiger partial charge in [0.05, 0.1) is 13.2 Å². The number of carbonyl (C=O) groups is 2. The van der Waals surface area contributed by atoms with E-state index in [0.717, 1.165) is 24.0 Å². The van der Waals surface area contributed by atoms with Crippen LogP contribution in [0.25, 0.3) is 0 Å². The van der Waals surface area contributed by atoms with Gasteiger partial charge in [0.1, 0.15) is 11.6 Å². The molecule has 2 amide bonds. The van der Waals surface area contributed by atoms with Crippen molar-refractivity contribution in [2.24, 2.45) is 0 Å². The van der Waals surface area contributed by atoms with E-state index in [1.165, 1.54) is 0 Å². The molecular weight excluding hydrogens is 488 g/mol. The fourth-order valence-corrected chi connectivity index (χ4v) is 4.45. The average molecular weight is 529 g/mol. The van der Waals surface area contributed by atoms with E-state index in [9.17, 15) is 9.59 Å². The van der Waals surface area contributed by atoms with E-state index in [4.69, 9.17) is 19.7 Å².